The monoisotopic (exact) mass is 328 g/mol. The second-order valence-electron chi connectivity index (χ2n) is 6.90. The number of hydrogen-bond acceptors (Lipinski definition) is 4. The molecule has 0 aromatic heterocycles. The Morgan fingerprint density at radius 3 is 2.00 bits per heavy atom. The molecular formula is C15H22BFO4S. The first-order valence-electron chi connectivity index (χ1n) is 7.27. The third-order valence-corrected chi connectivity index (χ3v) is 6.50. The first-order valence-corrected chi connectivity index (χ1v) is 8.81. The molecule has 0 amide bonds. The van der Waals surface area contributed by atoms with Crippen molar-refractivity contribution in [3.8, 4) is 0 Å². The van der Waals surface area contributed by atoms with Crippen LogP contribution >= 0.6 is 0 Å². The fraction of sp³-hybridized carbons (Fsp3) is 0.600. The molecule has 7 heteroatoms. The number of hydrogen-bond donors (Lipinski definition) is 0. The van der Waals surface area contributed by atoms with Crippen LogP contribution in [0.5, 0.6) is 0 Å². The van der Waals surface area contributed by atoms with E-state index in [1.165, 1.54) is 12.1 Å². The lowest BCUT2D eigenvalue weighted by Gasteiger charge is -2.32. The molecule has 1 aromatic rings. The highest BCUT2D eigenvalue weighted by Gasteiger charge is 2.51. The molecule has 1 heterocycles. The number of halogens is 1. The molecule has 2 rings (SSSR count). The van der Waals surface area contributed by atoms with Crippen molar-refractivity contribution in [2.45, 2.75) is 62.9 Å². The molecule has 1 aromatic carbocycles. The fourth-order valence-corrected chi connectivity index (χ4v) is 3.26. The maximum Gasteiger partial charge on any atom is 0.494 e. The van der Waals surface area contributed by atoms with E-state index in [9.17, 15) is 12.8 Å². The highest BCUT2D eigenvalue weighted by atomic mass is 32.2. The van der Waals surface area contributed by atoms with Gasteiger partial charge in [-0.3, -0.25) is 0 Å². The highest BCUT2D eigenvalue weighted by Crippen LogP contribution is 2.36. The van der Waals surface area contributed by atoms with Gasteiger partial charge in [-0.1, -0.05) is 0 Å². The zero-order valence-electron chi connectivity index (χ0n) is 13.8. The summed E-state index contributed by atoms with van der Waals surface area (Å²) in [5, 5.41) is -0.625. The Labute approximate surface area is 132 Å². The Hall–Kier alpha value is -0.915. The van der Waals surface area contributed by atoms with E-state index < -0.39 is 39.2 Å². The summed E-state index contributed by atoms with van der Waals surface area (Å²) in [5.41, 5.74) is -0.764. The molecule has 0 aliphatic carbocycles. The van der Waals surface area contributed by atoms with Crippen molar-refractivity contribution in [3.63, 3.8) is 0 Å². The molecule has 0 N–H and O–H groups in total. The minimum absolute atomic E-state index is 0.0489. The predicted octanol–water partition coefficient (Wildman–Crippen LogP) is 2.31. The predicted molar refractivity (Wildman–Crippen MR) is 84.4 cm³/mol. The van der Waals surface area contributed by atoms with Gasteiger partial charge in [-0.15, -0.1) is 0 Å². The maximum atomic E-state index is 13.9. The summed E-state index contributed by atoms with van der Waals surface area (Å²) in [5.74, 6) is -0.619. The Bertz CT molecular complexity index is 667. The Morgan fingerprint density at radius 1 is 1.05 bits per heavy atom. The molecule has 122 valence electrons. The summed E-state index contributed by atoms with van der Waals surface area (Å²) >= 11 is 0. The van der Waals surface area contributed by atoms with Crippen LogP contribution in [0.15, 0.2) is 23.1 Å². The summed E-state index contributed by atoms with van der Waals surface area (Å²) in [4.78, 5) is -0.0489. The van der Waals surface area contributed by atoms with Crippen molar-refractivity contribution in [2.75, 3.05) is 0 Å². The van der Waals surface area contributed by atoms with Gasteiger partial charge >= 0.3 is 7.12 Å². The van der Waals surface area contributed by atoms with Crippen LogP contribution in [-0.4, -0.2) is 32.0 Å². The Kier molecular flexibility index (Phi) is 4.22. The molecule has 1 saturated heterocycles. The zero-order valence-corrected chi connectivity index (χ0v) is 14.6. The van der Waals surface area contributed by atoms with Gasteiger partial charge in [0, 0.05) is 0 Å². The van der Waals surface area contributed by atoms with E-state index in [4.69, 9.17) is 9.31 Å². The zero-order chi connectivity index (χ0) is 16.9. The SMILES string of the molecule is CC(C)S(=O)(=O)c1cc(F)cc(B2OC(C)(C)C(C)(C)O2)c1. The van der Waals surface area contributed by atoms with Gasteiger partial charge in [0.1, 0.15) is 5.82 Å². The van der Waals surface area contributed by atoms with Crippen molar-refractivity contribution >= 4 is 22.4 Å². The molecule has 0 radical (unpaired) electrons. The summed E-state index contributed by atoms with van der Waals surface area (Å²) in [6.07, 6.45) is 0. The second kappa shape index (κ2) is 5.32. The Balaban J connectivity index is 2.45. The van der Waals surface area contributed by atoms with Gasteiger partial charge in [-0.2, -0.15) is 0 Å². The van der Waals surface area contributed by atoms with Gasteiger partial charge in [0.25, 0.3) is 0 Å². The number of sulfone groups is 1. The van der Waals surface area contributed by atoms with Crippen LogP contribution in [0.4, 0.5) is 4.39 Å². The van der Waals surface area contributed by atoms with Crippen LogP contribution in [0, 0.1) is 5.82 Å². The molecule has 0 saturated carbocycles. The maximum absolute atomic E-state index is 13.9. The van der Waals surface area contributed by atoms with Crippen LogP contribution < -0.4 is 5.46 Å². The third-order valence-electron chi connectivity index (χ3n) is 4.37. The van der Waals surface area contributed by atoms with E-state index in [1.54, 1.807) is 13.8 Å². The average Bonchev–Trinajstić information content (AvgIpc) is 2.57. The summed E-state index contributed by atoms with van der Waals surface area (Å²) < 4.78 is 50.1. The summed E-state index contributed by atoms with van der Waals surface area (Å²) in [7, 11) is -4.35. The van der Waals surface area contributed by atoms with Gasteiger partial charge in [-0.25, -0.2) is 12.8 Å². The lowest BCUT2D eigenvalue weighted by molar-refractivity contribution is 0.00578. The van der Waals surface area contributed by atoms with E-state index in [0.717, 1.165) is 6.07 Å². The minimum atomic E-state index is -3.56. The molecule has 0 bridgehead atoms. The lowest BCUT2D eigenvalue weighted by Crippen LogP contribution is -2.41. The van der Waals surface area contributed by atoms with Gasteiger partial charge in [0.2, 0.25) is 0 Å². The molecule has 1 aliphatic heterocycles. The van der Waals surface area contributed by atoms with Crippen molar-refractivity contribution in [1.82, 2.24) is 0 Å². The first kappa shape index (κ1) is 17.4. The normalized spacial score (nSPS) is 20.6. The number of rotatable bonds is 3. The minimum Gasteiger partial charge on any atom is -0.399 e. The molecule has 0 spiro atoms. The quantitative estimate of drug-likeness (QED) is 0.799. The summed E-state index contributed by atoms with van der Waals surface area (Å²) in [6.45, 7) is 10.7. The standard InChI is InChI=1S/C15H22BFO4S/c1-10(2)22(18,19)13-8-11(7-12(17)9-13)16-20-14(3,4)15(5,6)21-16/h7-10H,1-6H3. The van der Waals surface area contributed by atoms with E-state index in [0.29, 0.717) is 5.46 Å². The molecule has 4 nitrogen and oxygen atoms in total. The van der Waals surface area contributed by atoms with E-state index in [2.05, 4.69) is 0 Å². The molecular weight excluding hydrogens is 306 g/mol. The van der Waals surface area contributed by atoms with E-state index in [-0.39, 0.29) is 4.90 Å². The van der Waals surface area contributed by atoms with Crippen LogP contribution in [0.25, 0.3) is 0 Å². The smallest absolute Gasteiger partial charge is 0.399 e. The second-order valence-corrected chi connectivity index (χ2v) is 9.41. The molecule has 0 atom stereocenters. The van der Waals surface area contributed by atoms with Crippen molar-refractivity contribution in [3.05, 3.63) is 24.0 Å². The third kappa shape index (κ3) is 2.94. The van der Waals surface area contributed by atoms with Gasteiger partial charge in [0.15, 0.2) is 9.84 Å². The fourth-order valence-electron chi connectivity index (χ4n) is 2.14. The topological polar surface area (TPSA) is 52.6 Å². The molecule has 0 unspecified atom stereocenters. The average molecular weight is 328 g/mol. The molecule has 1 aliphatic rings. The van der Waals surface area contributed by atoms with Gasteiger partial charge < -0.3 is 9.31 Å². The van der Waals surface area contributed by atoms with Crippen LogP contribution in [0.1, 0.15) is 41.5 Å². The summed E-state index contributed by atoms with van der Waals surface area (Å²) in [6, 6.07) is 3.71. The first-order chi connectivity index (χ1) is 9.87. The Morgan fingerprint density at radius 2 is 1.55 bits per heavy atom. The van der Waals surface area contributed by atoms with E-state index in [1.807, 2.05) is 27.7 Å². The van der Waals surface area contributed by atoms with Crippen molar-refractivity contribution < 1.29 is 22.1 Å². The molecule has 1 fully saturated rings. The van der Waals surface area contributed by atoms with Gasteiger partial charge in [0.05, 0.1) is 21.3 Å². The van der Waals surface area contributed by atoms with Crippen LogP contribution in [-0.2, 0) is 19.1 Å². The van der Waals surface area contributed by atoms with E-state index >= 15 is 0 Å². The van der Waals surface area contributed by atoms with Crippen molar-refractivity contribution in [2.24, 2.45) is 0 Å². The van der Waals surface area contributed by atoms with Crippen LogP contribution in [0.3, 0.4) is 0 Å². The van der Waals surface area contributed by atoms with Crippen molar-refractivity contribution in [1.29, 1.82) is 0 Å². The molecule has 22 heavy (non-hydrogen) atoms. The lowest BCUT2D eigenvalue weighted by atomic mass is 9.79. The van der Waals surface area contributed by atoms with Gasteiger partial charge in [-0.05, 0) is 65.2 Å². The highest BCUT2D eigenvalue weighted by molar-refractivity contribution is 7.92. The van der Waals surface area contributed by atoms with Crippen LogP contribution in [0.2, 0.25) is 0 Å². The number of benzene rings is 1. The largest absolute Gasteiger partial charge is 0.494 e.